The summed E-state index contributed by atoms with van der Waals surface area (Å²) in [5.41, 5.74) is 0.0413. The average molecular weight is 227 g/mol. The average Bonchev–Trinajstić information content (AvgIpc) is 2.17. The zero-order valence-electron chi connectivity index (χ0n) is 11.7. The van der Waals surface area contributed by atoms with Gasteiger partial charge in [0.1, 0.15) is 0 Å². The van der Waals surface area contributed by atoms with Crippen LogP contribution in [0, 0.1) is 5.92 Å². The Labute approximate surface area is 101 Å². The van der Waals surface area contributed by atoms with Crippen LogP contribution < -0.4 is 5.32 Å². The Hall–Kier alpha value is -0.0800. The number of ether oxygens (including phenoxy) is 1. The molecule has 0 spiro atoms. The van der Waals surface area contributed by atoms with Gasteiger partial charge in [-0.15, -0.1) is 0 Å². The first-order valence-corrected chi connectivity index (χ1v) is 6.92. The summed E-state index contributed by atoms with van der Waals surface area (Å²) in [4.78, 5) is 0. The fourth-order valence-corrected chi connectivity index (χ4v) is 2.90. The van der Waals surface area contributed by atoms with Crippen molar-refractivity contribution in [3.05, 3.63) is 0 Å². The van der Waals surface area contributed by atoms with Gasteiger partial charge in [-0.05, 0) is 32.1 Å². The molecular weight excluding hydrogens is 198 g/mol. The van der Waals surface area contributed by atoms with Gasteiger partial charge < -0.3 is 10.1 Å². The fraction of sp³-hybridized carbons (Fsp3) is 1.00. The van der Waals surface area contributed by atoms with Crippen LogP contribution in [0.25, 0.3) is 0 Å². The number of morpholine rings is 1. The molecule has 2 heteroatoms. The smallest absolute Gasteiger partial charge is 0.0785 e. The minimum atomic E-state index is 0.0413. The van der Waals surface area contributed by atoms with E-state index in [1.807, 2.05) is 0 Å². The van der Waals surface area contributed by atoms with E-state index in [2.05, 4.69) is 39.9 Å². The standard InChI is InChI=1S/C14H29NO/c1-6-8-13-12(7-2)15-10-14(5,16-13)9-11(3)4/h11-13,15H,6-10H2,1-5H3. The summed E-state index contributed by atoms with van der Waals surface area (Å²) in [5.74, 6) is 0.701. The van der Waals surface area contributed by atoms with Crippen LogP contribution >= 0.6 is 0 Å². The molecule has 96 valence electrons. The monoisotopic (exact) mass is 227 g/mol. The summed E-state index contributed by atoms with van der Waals surface area (Å²) in [5, 5.41) is 3.67. The molecule has 3 unspecified atom stereocenters. The van der Waals surface area contributed by atoms with Crippen LogP contribution in [0.1, 0.15) is 60.3 Å². The lowest BCUT2D eigenvalue weighted by Gasteiger charge is -2.44. The molecule has 0 aromatic carbocycles. The van der Waals surface area contributed by atoms with Crippen LogP contribution in [0.3, 0.4) is 0 Å². The first kappa shape index (κ1) is 14.0. The highest BCUT2D eigenvalue weighted by molar-refractivity contribution is 4.91. The van der Waals surface area contributed by atoms with Crippen LogP contribution in [0.5, 0.6) is 0 Å². The molecule has 1 rings (SSSR count). The summed E-state index contributed by atoms with van der Waals surface area (Å²) >= 11 is 0. The predicted molar refractivity (Wildman–Crippen MR) is 69.7 cm³/mol. The van der Waals surface area contributed by atoms with Crippen LogP contribution in [0.2, 0.25) is 0 Å². The van der Waals surface area contributed by atoms with Gasteiger partial charge in [-0.3, -0.25) is 0 Å². The second kappa shape index (κ2) is 6.02. The largest absolute Gasteiger partial charge is 0.369 e. The Balaban J connectivity index is 2.59. The molecule has 1 aliphatic rings. The quantitative estimate of drug-likeness (QED) is 0.777. The zero-order valence-corrected chi connectivity index (χ0v) is 11.7. The Kier molecular flexibility index (Phi) is 5.26. The van der Waals surface area contributed by atoms with Gasteiger partial charge >= 0.3 is 0 Å². The second-order valence-electron chi connectivity index (χ2n) is 5.89. The Morgan fingerprint density at radius 2 is 2.06 bits per heavy atom. The summed E-state index contributed by atoms with van der Waals surface area (Å²) in [6.45, 7) is 12.3. The minimum absolute atomic E-state index is 0.0413. The van der Waals surface area contributed by atoms with Crippen LogP contribution in [-0.2, 0) is 4.74 Å². The normalized spacial score (nSPS) is 35.6. The van der Waals surface area contributed by atoms with E-state index in [1.54, 1.807) is 0 Å². The van der Waals surface area contributed by atoms with Gasteiger partial charge in [0.05, 0.1) is 11.7 Å². The van der Waals surface area contributed by atoms with Gasteiger partial charge in [-0.2, -0.15) is 0 Å². The van der Waals surface area contributed by atoms with Gasteiger partial charge in [-0.25, -0.2) is 0 Å². The van der Waals surface area contributed by atoms with E-state index in [0.717, 1.165) is 13.0 Å². The van der Waals surface area contributed by atoms with Crippen molar-refractivity contribution in [2.75, 3.05) is 6.54 Å². The topological polar surface area (TPSA) is 21.3 Å². The molecule has 0 bridgehead atoms. The number of rotatable bonds is 5. The summed E-state index contributed by atoms with van der Waals surface area (Å²) in [7, 11) is 0. The van der Waals surface area contributed by atoms with Crippen molar-refractivity contribution in [2.45, 2.75) is 78.0 Å². The molecule has 3 atom stereocenters. The highest BCUT2D eigenvalue weighted by Crippen LogP contribution is 2.29. The molecule has 1 N–H and O–H groups in total. The number of hydrogen-bond acceptors (Lipinski definition) is 2. The molecule has 16 heavy (non-hydrogen) atoms. The maximum Gasteiger partial charge on any atom is 0.0785 e. The van der Waals surface area contributed by atoms with Crippen molar-refractivity contribution in [3.63, 3.8) is 0 Å². The first-order valence-electron chi connectivity index (χ1n) is 6.92. The van der Waals surface area contributed by atoms with Gasteiger partial charge in [-0.1, -0.05) is 34.1 Å². The van der Waals surface area contributed by atoms with E-state index >= 15 is 0 Å². The van der Waals surface area contributed by atoms with Crippen LogP contribution in [0.15, 0.2) is 0 Å². The van der Waals surface area contributed by atoms with E-state index in [-0.39, 0.29) is 5.60 Å². The molecule has 1 saturated heterocycles. The molecule has 0 radical (unpaired) electrons. The molecule has 0 amide bonds. The van der Waals surface area contributed by atoms with Crippen molar-refractivity contribution in [2.24, 2.45) is 5.92 Å². The highest BCUT2D eigenvalue weighted by atomic mass is 16.5. The lowest BCUT2D eigenvalue weighted by atomic mass is 9.89. The minimum Gasteiger partial charge on any atom is -0.369 e. The molecule has 1 heterocycles. The zero-order chi connectivity index (χ0) is 12.2. The third-order valence-electron chi connectivity index (χ3n) is 3.48. The van der Waals surface area contributed by atoms with E-state index in [9.17, 15) is 0 Å². The maximum absolute atomic E-state index is 6.37. The number of nitrogens with one attached hydrogen (secondary N) is 1. The predicted octanol–water partition coefficient (Wildman–Crippen LogP) is 3.36. The van der Waals surface area contributed by atoms with Gasteiger partial charge in [0.15, 0.2) is 0 Å². The summed E-state index contributed by atoms with van der Waals surface area (Å²) < 4.78 is 6.37. The van der Waals surface area contributed by atoms with Gasteiger partial charge in [0.25, 0.3) is 0 Å². The van der Waals surface area contributed by atoms with Crippen LogP contribution in [0.4, 0.5) is 0 Å². The second-order valence-corrected chi connectivity index (χ2v) is 5.89. The molecule has 0 aliphatic carbocycles. The third kappa shape index (κ3) is 3.74. The van der Waals surface area contributed by atoms with E-state index < -0.39 is 0 Å². The van der Waals surface area contributed by atoms with Crippen molar-refractivity contribution in [3.8, 4) is 0 Å². The molecule has 2 nitrogen and oxygen atoms in total. The van der Waals surface area contributed by atoms with E-state index in [1.165, 1.54) is 19.3 Å². The molecule has 0 saturated carbocycles. The van der Waals surface area contributed by atoms with Crippen molar-refractivity contribution in [1.82, 2.24) is 5.32 Å². The molecule has 1 aliphatic heterocycles. The fourth-order valence-electron chi connectivity index (χ4n) is 2.90. The maximum atomic E-state index is 6.37. The van der Waals surface area contributed by atoms with Gasteiger partial charge in [0, 0.05) is 12.6 Å². The Bertz CT molecular complexity index is 205. The first-order chi connectivity index (χ1) is 7.50. The lowest BCUT2D eigenvalue weighted by molar-refractivity contribution is -0.136. The van der Waals surface area contributed by atoms with E-state index in [0.29, 0.717) is 18.1 Å². The molecule has 0 aromatic rings. The van der Waals surface area contributed by atoms with Crippen LogP contribution in [-0.4, -0.2) is 24.3 Å². The summed E-state index contributed by atoms with van der Waals surface area (Å²) in [6.07, 6.45) is 5.12. The molecule has 1 fully saturated rings. The van der Waals surface area contributed by atoms with Crippen molar-refractivity contribution < 1.29 is 4.74 Å². The third-order valence-corrected chi connectivity index (χ3v) is 3.48. The lowest BCUT2D eigenvalue weighted by Crippen LogP contribution is -2.58. The molecule has 0 aromatic heterocycles. The SMILES string of the molecule is CCCC1OC(C)(CC(C)C)CNC1CC. The van der Waals surface area contributed by atoms with Gasteiger partial charge in [0.2, 0.25) is 0 Å². The van der Waals surface area contributed by atoms with Crippen molar-refractivity contribution in [1.29, 1.82) is 0 Å². The molecular formula is C14H29NO. The summed E-state index contributed by atoms with van der Waals surface area (Å²) in [6, 6.07) is 0.556. The Morgan fingerprint density at radius 3 is 2.56 bits per heavy atom. The van der Waals surface area contributed by atoms with E-state index in [4.69, 9.17) is 4.74 Å². The number of hydrogen-bond donors (Lipinski definition) is 1. The van der Waals surface area contributed by atoms with Crippen molar-refractivity contribution >= 4 is 0 Å². The highest BCUT2D eigenvalue weighted by Gasteiger charge is 2.37. The Morgan fingerprint density at radius 1 is 1.38 bits per heavy atom.